The fraction of sp³-hybridized carbons (Fsp3) is 0.167. The summed E-state index contributed by atoms with van der Waals surface area (Å²) < 4.78 is 60.7. The van der Waals surface area contributed by atoms with Gasteiger partial charge in [0, 0.05) is 41.9 Å². The fourth-order valence-corrected chi connectivity index (χ4v) is 5.17. The van der Waals surface area contributed by atoms with Crippen LogP contribution in [0.2, 0.25) is 0 Å². The molecule has 4 heterocycles. The van der Waals surface area contributed by atoms with Gasteiger partial charge in [0.15, 0.2) is 0 Å². The number of benzene rings is 1. The molecule has 172 valence electrons. The van der Waals surface area contributed by atoms with E-state index in [1.54, 1.807) is 25.3 Å². The van der Waals surface area contributed by atoms with Gasteiger partial charge in [0.2, 0.25) is 14.9 Å². The summed E-state index contributed by atoms with van der Waals surface area (Å²) >= 11 is 0. The van der Waals surface area contributed by atoms with Crippen LogP contribution in [0, 0.1) is 18.6 Å². The zero-order chi connectivity index (χ0) is 23.9. The number of aliphatic imine (C=N–C) groups is 1. The number of hydrogen-bond acceptors (Lipinski definition) is 7. The van der Waals surface area contributed by atoms with Gasteiger partial charge in [0.1, 0.15) is 35.1 Å². The summed E-state index contributed by atoms with van der Waals surface area (Å²) in [4.78, 5) is 17.2. The van der Waals surface area contributed by atoms with Crippen LogP contribution in [0.25, 0.3) is 11.3 Å². The number of furan rings is 1. The van der Waals surface area contributed by atoms with Crippen LogP contribution in [0.15, 0.2) is 63.4 Å². The van der Waals surface area contributed by atoms with Gasteiger partial charge in [-0.05, 0) is 37.3 Å². The first-order chi connectivity index (χ1) is 16.3. The molecule has 0 atom stereocenters. The first-order valence-electron chi connectivity index (χ1n) is 10.4. The van der Waals surface area contributed by atoms with Crippen molar-refractivity contribution in [2.75, 3.05) is 0 Å². The lowest BCUT2D eigenvalue weighted by atomic mass is 9.99. The van der Waals surface area contributed by atoms with Gasteiger partial charge in [0.25, 0.3) is 0 Å². The summed E-state index contributed by atoms with van der Waals surface area (Å²) in [6.07, 6.45) is 5.04. The average Bonchev–Trinajstić information content (AvgIpc) is 3.48. The van der Waals surface area contributed by atoms with Crippen LogP contribution in [-0.4, -0.2) is 29.6 Å². The predicted molar refractivity (Wildman–Crippen MR) is 121 cm³/mol. The van der Waals surface area contributed by atoms with Crippen molar-refractivity contribution in [1.82, 2.24) is 15.0 Å². The molecule has 0 fully saturated rings. The summed E-state index contributed by atoms with van der Waals surface area (Å²) in [5, 5.41) is -0.263. The summed E-state index contributed by atoms with van der Waals surface area (Å²) in [5.41, 5.74) is 2.40. The number of hydrogen-bond donors (Lipinski definition) is 0. The van der Waals surface area contributed by atoms with Crippen LogP contribution in [0.5, 0.6) is 0 Å². The third-order valence-electron chi connectivity index (χ3n) is 5.53. The molecule has 5 rings (SSSR count). The van der Waals surface area contributed by atoms with Crippen LogP contribution >= 0.6 is 0 Å². The molecule has 0 radical (unpaired) electrons. The molecule has 0 amide bonds. The second-order valence-corrected chi connectivity index (χ2v) is 9.75. The van der Waals surface area contributed by atoms with E-state index in [2.05, 4.69) is 19.9 Å². The highest BCUT2D eigenvalue weighted by atomic mass is 32.2. The summed E-state index contributed by atoms with van der Waals surface area (Å²) in [6.45, 7) is 1.61. The molecule has 0 bridgehead atoms. The minimum Gasteiger partial charge on any atom is -0.450 e. The second kappa shape index (κ2) is 8.53. The Labute approximate surface area is 194 Å². The largest absolute Gasteiger partial charge is 0.450 e. The Morgan fingerprint density at radius 2 is 1.91 bits per heavy atom. The molecule has 1 aliphatic rings. The van der Waals surface area contributed by atoms with E-state index in [1.807, 2.05) is 0 Å². The van der Waals surface area contributed by atoms with Crippen LogP contribution in [0.4, 0.5) is 14.5 Å². The molecule has 0 N–H and O–H groups in total. The first kappa shape index (κ1) is 22.0. The third-order valence-corrected chi connectivity index (χ3v) is 7.05. The number of aryl methyl sites for hydroxylation is 1. The smallest absolute Gasteiger partial charge is 0.218 e. The molecule has 0 unspecified atom stereocenters. The van der Waals surface area contributed by atoms with Gasteiger partial charge in [0.05, 0.1) is 17.1 Å². The SMILES string of the molecule is Cc1ccc(S(=O)(=O)Cc2ccc(F)c(Cc3ncccc3-c3ncnc4c3N=CC4)c2F)o1. The van der Waals surface area contributed by atoms with Crippen molar-refractivity contribution in [3.8, 4) is 11.3 Å². The van der Waals surface area contributed by atoms with Crippen molar-refractivity contribution in [3.05, 3.63) is 88.8 Å². The topological polar surface area (TPSA) is 98.3 Å². The quantitative estimate of drug-likeness (QED) is 0.402. The Morgan fingerprint density at radius 1 is 1.06 bits per heavy atom. The molecular weight excluding hydrogens is 462 g/mol. The monoisotopic (exact) mass is 480 g/mol. The van der Waals surface area contributed by atoms with E-state index in [-0.39, 0.29) is 22.6 Å². The Balaban J connectivity index is 1.53. The van der Waals surface area contributed by atoms with E-state index in [1.165, 1.54) is 24.7 Å². The number of rotatable bonds is 6. The number of sulfone groups is 1. The van der Waals surface area contributed by atoms with Crippen molar-refractivity contribution >= 4 is 21.7 Å². The second-order valence-electron chi connectivity index (χ2n) is 7.83. The number of pyridine rings is 1. The number of aromatic nitrogens is 3. The van der Waals surface area contributed by atoms with Gasteiger partial charge in [-0.15, -0.1) is 0 Å². The molecule has 10 heteroatoms. The van der Waals surface area contributed by atoms with Gasteiger partial charge >= 0.3 is 0 Å². The summed E-state index contributed by atoms with van der Waals surface area (Å²) in [5.74, 6) is -1.98. The molecule has 3 aromatic heterocycles. The highest BCUT2D eigenvalue weighted by Crippen LogP contribution is 2.35. The molecule has 1 aromatic carbocycles. The van der Waals surface area contributed by atoms with E-state index in [0.29, 0.717) is 34.8 Å². The van der Waals surface area contributed by atoms with Gasteiger partial charge in [-0.3, -0.25) is 9.98 Å². The van der Waals surface area contributed by atoms with Crippen LogP contribution in [0.3, 0.4) is 0 Å². The van der Waals surface area contributed by atoms with E-state index in [4.69, 9.17) is 4.42 Å². The van der Waals surface area contributed by atoms with Gasteiger partial charge in [-0.1, -0.05) is 6.07 Å². The maximum atomic E-state index is 15.4. The molecule has 34 heavy (non-hydrogen) atoms. The summed E-state index contributed by atoms with van der Waals surface area (Å²) in [7, 11) is -3.95. The molecule has 0 aliphatic carbocycles. The van der Waals surface area contributed by atoms with Crippen LogP contribution < -0.4 is 0 Å². The maximum Gasteiger partial charge on any atom is 0.218 e. The Kier molecular flexibility index (Phi) is 5.52. The highest BCUT2D eigenvalue weighted by molar-refractivity contribution is 7.90. The van der Waals surface area contributed by atoms with E-state index in [0.717, 1.165) is 17.8 Å². The van der Waals surface area contributed by atoms with Crippen LogP contribution in [-0.2, 0) is 28.4 Å². The molecule has 1 aliphatic heterocycles. The normalized spacial score (nSPS) is 12.8. The number of nitrogens with zero attached hydrogens (tertiary/aromatic N) is 4. The maximum absolute atomic E-state index is 15.4. The predicted octanol–water partition coefficient (Wildman–Crippen LogP) is 4.54. The van der Waals surface area contributed by atoms with Gasteiger partial charge in [-0.2, -0.15) is 0 Å². The Morgan fingerprint density at radius 3 is 2.71 bits per heavy atom. The third kappa shape index (κ3) is 4.01. The van der Waals surface area contributed by atoms with Crippen molar-refractivity contribution in [2.24, 2.45) is 4.99 Å². The van der Waals surface area contributed by atoms with Gasteiger partial charge < -0.3 is 4.42 Å². The Hall–Kier alpha value is -3.79. The lowest BCUT2D eigenvalue weighted by Crippen LogP contribution is -2.09. The van der Waals surface area contributed by atoms with E-state index in [9.17, 15) is 12.8 Å². The fourth-order valence-electron chi connectivity index (χ4n) is 3.86. The minimum absolute atomic E-state index is 0.157. The zero-order valence-electron chi connectivity index (χ0n) is 18.0. The zero-order valence-corrected chi connectivity index (χ0v) is 18.8. The van der Waals surface area contributed by atoms with E-state index >= 15 is 4.39 Å². The first-order valence-corrected chi connectivity index (χ1v) is 12.0. The van der Waals surface area contributed by atoms with Crippen LogP contribution in [0.1, 0.15) is 28.3 Å². The Bertz CT molecular complexity index is 1550. The molecule has 0 saturated carbocycles. The molecular formula is C24H18F2N4O3S. The standard InChI is InChI=1S/C24H18F2N4O3S/c1-14-4-7-21(33-14)34(31,32)12-15-5-6-18(25)17(22(15)26)11-20-16(3-2-9-27-20)23-24-19(8-10-28-24)29-13-30-23/h2-7,9-10,13H,8,11-12H2,1H3. The van der Waals surface area contributed by atoms with Crippen molar-refractivity contribution in [1.29, 1.82) is 0 Å². The lowest BCUT2D eigenvalue weighted by Gasteiger charge is -2.13. The lowest BCUT2D eigenvalue weighted by molar-refractivity contribution is 0.428. The molecule has 0 saturated heterocycles. The molecule has 0 spiro atoms. The average molecular weight is 480 g/mol. The minimum atomic E-state index is -3.95. The number of fused-ring (bicyclic) bond motifs is 1. The number of halogens is 2. The molecule has 7 nitrogen and oxygen atoms in total. The van der Waals surface area contributed by atoms with Gasteiger partial charge in [-0.25, -0.2) is 27.2 Å². The van der Waals surface area contributed by atoms with E-state index < -0.39 is 27.2 Å². The van der Waals surface area contributed by atoms with Crippen molar-refractivity contribution in [3.63, 3.8) is 0 Å². The molecule has 4 aromatic rings. The van der Waals surface area contributed by atoms with Crippen molar-refractivity contribution < 1.29 is 21.6 Å². The summed E-state index contributed by atoms with van der Waals surface area (Å²) in [6, 6.07) is 8.47. The highest BCUT2D eigenvalue weighted by Gasteiger charge is 2.25. The van der Waals surface area contributed by atoms with Crippen molar-refractivity contribution in [2.45, 2.75) is 30.6 Å².